The van der Waals surface area contributed by atoms with Gasteiger partial charge in [0, 0.05) is 6.26 Å². The summed E-state index contributed by atoms with van der Waals surface area (Å²) < 4.78 is 69.8. The first-order valence-corrected chi connectivity index (χ1v) is 8.84. The number of para-hydroxylation sites is 3. The second kappa shape index (κ2) is 6.85. The Morgan fingerprint density at radius 1 is 1.00 bits per heavy atom. The number of hydrogen-bond donors (Lipinski definition) is 0. The van der Waals surface area contributed by atoms with E-state index in [-0.39, 0.29) is 0 Å². The molecule has 3 rings (SSSR count). The lowest BCUT2D eigenvalue weighted by molar-refractivity contribution is -0.667. The van der Waals surface area contributed by atoms with Crippen LogP contribution in [0.15, 0.2) is 54.6 Å². The quantitative estimate of drug-likeness (QED) is 0.487. The minimum Gasteiger partial charge on any atom is -0.748 e. The molecule has 5 nitrogen and oxygen atoms in total. The van der Waals surface area contributed by atoms with Crippen molar-refractivity contribution in [1.82, 2.24) is 4.57 Å². The molecule has 0 aliphatic carbocycles. The molecule has 3 aromatic rings. The number of hydrogen-bond acceptors (Lipinski definition) is 3. The lowest BCUT2D eigenvalue weighted by Gasteiger charge is -2.05. The van der Waals surface area contributed by atoms with E-state index in [9.17, 15) is 13.2 Å². The Labute approximate surface area is 142 Å². The molecule has 0 amide bonds. The van der Waals surface area contributed by atoms with Crippen molar-refractivity contribution in [2.75, 3.05) is 6.26 Å². The van der Waals surface area contributed by atoms with Crippen LogP contribution in [0.25, 0.3) is 16.7 Å². The van der Waals surface area contributed by atoms with Crippen LogP contribution in [0.5, 0.6) is 0 Å². The van der Waals surface area contributed by atoms with Gasteiger partial charge < -0.3 is 4.55 Å². The van der Waals surface area contributed by atoms with Gasteiger partial charge in [0.25, 0.3) is 0 Å². The zero-order valence-electron chi connectivity index (χ0n) is 13.4. The molecule has 0 bridgehead atoms. The molecule has 0 saturated heterocycles. The zero-order chi connectivity index (χ0) is 18.8. The molecule has 0 aliphatic heterocycles. The van der Waals surface area contributed by atoms with Gasteiger partial charge in [-0.3, -0.25) is 0 Å². The van der Waals surface area contributed by atoms with Crippen molar-refractivity contribution in [3.63, 3.8) is 0 Å². The van der Waals surface area contributed by atoms with E-state index < -0.39 is 22.1 Å². The van der Waals surface area contributed by atoms with Crippen molar-refractivity contribution in [3.05, 3.63) is 60.4 Å². The summed E-state index contributed by atoms with van der Waals surface area (Å²) in [6.07, 6.45) is -3.82. The second-order valence-electron chi connectivity index (χ2n) is 5.24. The molecule has 1 aromatic heterocycles. The largest absolute Gasteiger partial charge is 0.748 e. The molecule has 0 atom stereocenters. The van der Waals surface area contributed by atoms with Gasteiger partial charge >= 0.3 is 12.0 Å². The maximum atomic E-state index is 13.4. The van der Waals surface area contributed by atoms with E-state index >= 15 is 0 Å². The zero-order valence-corrected chi connectivity index (χ0v) is 14.2. The second-order valence-corrected chi connectivity index (χ2v) is 6.65. The number of nitrogens with zero attached hydrogens (tertiary/aromatic N) is 2. The summed E-state index contributed by atoms with van der Waals surface area (Å²) in [6.45, 7) is 0. The van der Waals surface area contributed by atoms with E-state index in [1.165, 1.54) is 16.2 Å². The van der Waals surface area contributed by atoms with Gasteiger partial charge in [0.2, 0.25) is 0 Å². The van der Waals surface area contributed by atoms with Crippen molar-refractivity contribution in [1.29, 1.82) is 0 Å². The number of rotatable bonds is 1. The third-order valence-corrected chi connectivity index (χ3v) is 3.28. The number of aryl methyl sites for hydroxylation is 1. The predicted octanol–water partition coefficient (Wildman–Crippen LogP) is 2.64. The Morgan fingerprint density at radius 2 is 1.48 bits per heavy atom. The van der Waals surface area contributed by atoms with Crippen LogP contribution in [-0.2, 0) is 23.3 Å². The van der Waals surface area contributed by atoms with Crippen LogP contribution in [0, 0.1) is 0 Å². The number of halogens is 3. The highest BCUT2D eigenvalue weighted by Gasteiger charge is 2.46. The summed E-state index contributed by atoms with van der Waals surface area (Å²) in [7, 11) is -2.48. The van der Waals surface area contributed by atoms with Crippen LogP contribution in [0.2, 0.25) is 0 Å². The fourth-order valence-electron chi connectivity index (χ4n) is 2.47. The summed E-state index contributed by atoms with van der Waals surface area (Å²) in [5.74, 6) is -0.690. The van der Waals surface area contributed by atoms with Crippen LogP contribution < -0.4 is 4.57 Å². The highest BCUT2D eigenvalue weighted by Crippen LogP contribution is 2.32. The normalized spacial score (nSPS) is 11.9. The van der Waals surface area contributed by atoms with Crippen LogP contribution in [0.1, 0.15) is 5.82 Å². The van der Waals surface area contributed by atoms with Gasteiger partial charge in [-0.25, -0.2) is 13.0 Å². The van der Waals surface area contributed by atoms with E-state index in [1.807, 2.05) is 0 Å². The molecular weight excluding hydrogens is 357 g/mol. The third-order valence-electron chi connectivity index (χ3n) is 3.28. The number of alkyl halides is 3. The molecule has 0 aliphatic rings. The third kappa shape index (κ3) is 4.58. The molecule has 0 N–H and O–H groups in total. The molecule has 0 fully saturated rings. The molecule has 0 saturated carbocycles. The smallest absolute Gasteiger partial charge is 0.495 e. The number of benzene rings is 2. The van der Waals surface area contributed by atoms with Crippen LogP contribution in [-0.4, -0.2) is 23.8 Å². The summed E-state index contributed by atoms with van der Waals surface area (Å²) in [6, 6.07) is 15.4. The Balaban J connectivity index is 0.000000399. The van der Waals surface area contributed by atoms with Gasteiger partial charge in [0.05, 0.1) is 17.2 Å². The van der Waals surface area contributed by atoms with E-state index in [0.29, 0.717) is 23.0 Å². The van der Waals surface area contributed by atoms with E-state index in [0.717, 1.165) is 0 Å². The van der Waals surface area contributed by atoms with Crippen molar-refractivity contribution >= 4 is 21.2 Å². The monoisotopic (exact) mass is 372 g/mol. The van der Waals surface area contributed by atoms with Crippen molar-refractivity contribution in [2.24, 2.45) is 7.05 Å². The van der Waals surface area contributed by atoms with Crippen LogP contribution >= 0.6 is 0 Å². The molecule has 1 heterocycles. The van der Waals surface area contributed by atoms with E-state index in [1.54, 1.807) is 54.6 Å². The molecule has 9 heteroatoms. The summed E-state index contributed by atoms with van der Waals surface area (Å²) in [4.78, 5) is 0. The molecule has 134 valence electrons. The topological polar surface area (TPSA) is 66.0 Å². The number of aromatic nitrogens is 2. The van der Waals surface area contributed by atoms with Crippen molar-refractivity contribution in [2.45, 2.75) is 6.18 Å². The first-order chi connectivity index (χ1) is 11.5. The maximum Gasteiger partial charge on any atom is 0.495 e. The number of fused-ring (bicyclic) bond motifs is 1. The van der Waals surface area contributed by atoms with Gasteiger partial charge in [0.1, 0.15) is 5.69 Å². The summed E-state index contributed by atoms with van der Waals surface area (Å²) in [5, 5.41) is 0. The summed E-state index contributed by atoms with van der Waals surface area (Å²) in [5.41, 5.74) is 1.58. The highest BCUT2D eigenvalue weighted by atomic mass is 32.2. The van der Waals surface area contributed by atoms with Gasteiger partial charge in [-0.15, -0.1) is 0 Å². The van der Waals surface area contributed by atoms with Gasteiger partial charge in [-0.1, -0.05) is 30.3 Å². The SMILES string of the molecule is CS(=O)(=O)[O-].C[n+]1c(C(F)(F)F)n(-c2ccccc2)c2ccccc21. The molecule has 0 unspecified atom stereocenters. The Morgan fingerprint density at radius 3 is 2.00 bits per heavy atom. The Kier molecular flexibility index (Phi) is 5.19. The molecule has 2 aromatic carbocycles. The molecule has 0 radical (unpaired) electrons. The highest BCUT2D eigenvalue weighted by molar-refractivity contribution is 7.84. The maximum absolute atomic E-state index is 13.4. The summed E-state index contributed by atoms with van der Waals surface area (Å²) >= 11 is 0. The standard InChI is InChI=1S/C15H12F3N2.CH4O3S/c1-19-12-9-5-6-10-13(12)20(14(19)15(16,17)18)11-7-3-2-4-8-11;1-5(2,3)4/h2-10H,1H3;1H3,(H,2,3,4)/q+1;/p-1. The van der Waals surface area contributed by atoms with Gasteiger partial charge in [-0.2, -0.15) is 17.7 Å². The van der Waals surface area contributed by atoms with Crippen LogP contribution in [0.3, 0.4) is 0 Å². The first-order valence-electron chi connectivity index (χ1n) is 7.03. The minimum atomic E-state index is -4.43. The fourth-order valence-corrected chi connectivity index (χ4v) is 2.47. The lowest BCUT2D eigenvalue weighted by Crippen LogP contribution is -2.38. The van der Waals surface area contributed by atoms with E-state index in [2.05, 4.69) is 0 Å². The van der Waals surface area contributed by atoms with E-state index in [4.69, 9.17) is 13.0 Å². The molecular formula is C16H15F3N2O3S. The average Bonchev–Trinajstić information content (AvgIpc) is 2.80. The minimum absolute atomic E-state index is 0.497. The lowest BCUT2D eigenvalue weighted by atomic mass is 10.3. The van der Waals surface area contributed by atoms with Gasteiger partial charge in [-0.05, 0) is 24.3 Å². The molecule has 0 spiro atoms. The predicted molar refractivity (Wildman–Crippen MR) is 85.1 cm³/mol. The number of imidazole rings is 1. The Bertz CT molecular complexity index is 973. The van der Waals surface area contributed by atoms with Crippen LogP contribution in [0.4, 0.5) is 13.2 Å². The van der Waals surface area contributed by atoms with Crippen molar-refractivity contribution in [3.8, 4) is 5.69 Å². The van der Waals surface area contributed by atoms with Gasteiger partial charge in [0.15, 0.2) is 11.0 Å². The molecule has 25 heavy (non-hydrogen) atoms. The first kappa shape index (κ1) is 18.9. The fraction of sp³-hybridized carbons (Fsp3) is 0.188. The average molecular weight is 372 g/mol. The Hall–Kier alpha value is -2.39. The van der Waals surface area contributed by atoms with Crippen molar-refractivity contribution < 1.29 is 30.7 Å².